The van der Waals surface area contributed by atoms with Gasteiger partial charge in [-0.25, -0.2) is 4.79 Å². The third-order valence-corrected chi connectivity index (χ3v) is 4.89. The Labute approximate surface area is 142 Å². The third kappa shape index (κ3) is 3.13. The smallest absolute Gasteiger partial charge is 0.263 e. The molecule has 2 aromatic rings. The number of amides is 4. The molecule has 23 heavy (non-hydrogen) atoms. The molecule has 0 N–H and O–H groups in total. The number of rotatable bonds is 5. The highest BCUT2D eigenvalue weighted by molar-refractivity contribution is 7.09. The van der Waals surface area contributed by atoms with Crippen molar-refractivity contribution >= 4 is 40.8 Å². The molecular weight excluding hydrogens is 336 g/mol. The monoisotopic (exact) mass is 348 g/mol. The zero-order valence-electron chi connectivity index (χ0n) is 12.1. The molecule has 0 bridgehead atoms. The maximum absolute atomic E-state index is 12.4. The quantitative estimate of drug-likeness (QED) is 0.616. The highest BCUT2D eigenvalue weighted by Gasteiger charge is 2.44. The average molecular weight is 349 g/mol. The van der Waals surface area contributed by atoms with Crippen molar-refractivity contribution in [2.24, 2.45) is 0 Å². The van der Waals surface area contributed by atoms with Gasteiger partial charge in [0.2, 0.25) is 0 Å². The summed E-state index contributed by atoms with van der Waals surface area (Å²) in [5.41, 5.74) is 0.628. The molecule has 5 nitrogen and oxygen atoms in total. The molecule has 1 aromatic heterocycles. The Bertz CT molecular complexity index is 760. The minimum Gasteiger partial charge on any atom is -0.263 e. The van der Waals surface area contributed by atoms with Gasteiger partial charge < -0.3 is 0 Å². The van der Waals surface area contributed by atoms with Crippen molar-refractivity contribution < 1.29 is 14.4 Å². The van der Waals surface area contributed by atoms with E-state index < -0.39 is 17.8 Å². The van der Waals surface area contributed by atoms with Crippen molar-refractivity contribution in [1.82, 2.24) is 9.80 Å². The number of hydrogen-bond acceptors (Lipinski definition) is 4. The number of urea groups is 1. The number of nitrogens with zero attached hydrogens (tertiary/aromatic N) is 2. The number of thiophene rings is 1. The van der Waals surface area contributed by atoms with Crippen molar-refractivity contribution in [3.63, 3.8) is 0 Å². The first-order chi connectivity index (χ1) is 11.1. The largest absolute Gasteiger partial charge is 0.334 e. The molecule has 1 aliphatic rings. The van der Waals surface area contributed by atoms with Gasteiger partial charge in [0.15, 0.2) is 0 Å². The lowest BCUT2D eigenvalue weighted by Gasteiger charge is -2.15. The van der Waals surface area contributed by atoms with Crippen LogP contribution in [0.5, 0.6) is 0 Å². The van der Waals surface area contributed by atoms with E-state index in [1.807, 2.05) is 17.5 Å². The zero-order valence-corrected chi connectivity index (χ0v) is 13.6. The minimum absolute atomic E-state index is 0.00141. The Morgan fingerprint density at radius 2 is 1.70 bits per heavy atom. The van der Waals surface area contributed by atoms with E-state index in [2.05, 4.69) is 0 Å². The molecule has 4 amide bonds. The van der Waals surface area contributed by atoms with E-state index in [-0.39, 0.29) is 13.1 Å². The second-order valence-electron chi connectivity index (χ2n) is 5.05. The number of imide groups is 2. The van der Waals surface area contributed by atoms with Crippen LogP contribution in [0.2, 0.25) is 5.02 Å². The molecule has 0 atom stereocenters. The summed E-state index contributed by atoms with van der Waals surface area (Å²) in [6.07, 6.45) is 0.544. The minimum atomic E-state index is -0.805. The zero-order chi connectivity index (χ0) is 16.4. The molecule has 7 heteroatoms. The van der Waals surface area contributed by atoms with Gasteiger partial charge in [0.05, 0.1) is 6.54 Å². The normalized spacial score (nSPS) is 14.9. The SMILES string of the molecule is O=C1C(=O)N(Cc2ccccc2Cl)C(=O)N1CCc1cccs1. The van der Waals surface area contributed by atoms with Crippen LogP contribution < -0.4 is 0 Å². The predicted molar refractivity (Wildman–Crippen MR) is 87.1 cm³/mol. The van der Waals surface area contributed by atoms with E-state index in [1.165, 1.54) is 0 Å². The summed E-state index contributed by atoms with van der Waals surface area (Å²) in [6, 6.07) is 10.2. The molecule has 2 heterocycles. The van der Waals surface area contributed by atoms with Crippen molar-refractivity contribution in [3.8, 4) is 0 Å². The molecule has 0 radical (unpaired) electrons. The van der Waals surface area contributed by atoms with Gasteiger partial charge >= 0.3 is 17.8 Å². The van der Waals surface area contributed by atoms with Crippen LogP contribution in [-0.2, 0) is 22.6 Å². The van der Waals surface area contributed by atoms with Crippen LogP contribution in [0.25, 0.3) is 0 Å². The van der Waals surface area contributed by atoms with Crippen LogP contribution in [0.4, 0.5) is 4.79 Å². The summed E-state index contributed by atoms with van der Waals surface area (Å²) >= 11 is 7.60. The van der Waals surface area contributed by atoms with Gasteiger partial charge in [-0.15, -0.1) is 11.3 Å². The second kappa shape index (κ2) is 6.52. The van der Waals surface area contributed by atoms with Gasteiger partial charge in [0, 0.05) is 22.9 Å². The van der Waals surface area contributed by atoms with E-state index in [9.17, 15) is 14.4 Å². The Morgan fingerprint density at radius 1 is 0.957 bits per heavy atom. The molecule has 3 rings (SSSR count). The first-order valence-electron chi connectivity index (χ1n) is 7.01. The molecule has 1 aromatic carbocycles. The molecule has 0 aliphatic carbocycles. The summed E-state index contributed by atoms with van der Waals surface area (Å²) in [5.74, 6) is -1.58. The lowest BCUT2D eigenvalue weighted by atomic mass is 10.2. The fourth-order valence-corrected chi connectivity index (χ4v) is 3.25. The molecule has 118 valence electrons. The van der Waals surface area contributed by atoms with Crippen molar-refractivity contribution in [1.29, 1.82) is 0 Å². The Morgan fingerprint density at radius 3 is 2.39 bits per heavy atom. The summed E-state index contributed by atoms with van der Waals surface area (Å²) < 4.78 is 0. The number of carbonyl (C=O) groups excluding carboxylic acids is 3. The van der Waals surface area contributed by atoms with E-state index in [1.54, 1.807) is 35.6 Å². The van der Waals surface area contributed by atoms with E-state index in [0.717, 1.165) is 14.7 Å². The van der Waals surface area contributed by atoms with Gasteiger partial charge in [0.1, 0.15) is 0 Å². The van der Waals surface area contributed by atoms with Gasteiger partial charge in [-0.3, -0.25) is 19.4 Å². The molecular formula is C16H13ClN2O3S. The number of halogens is 1. The maximum atomic E-state index is 12.4. The fraction of sp³-hybridized carbons (Fsp3) is 0.188. The lowest BCUT2D eigenvalue weighted by molar-refractivity contribution is -0.143. The standard InChI is InChI=1S/C16H13ClN2O3S/c17-13-6-2-1-4-11(13)10-19-15(21)14(20)18(16(19)22)8-7-12-5-3-9-23-12/h1-6,9H,7-8,10H2. The van der Waals surface area contributed by atoms with Crippen molar-refractivity contribution in [2.75, 3.05) is 6.54 Å². The Hall–Kier alpha value is -2.18. The van der Waals surface area contributed by atoms with Crippen LogP contribution in [-0.4, -0.2) is 34.2 Å². The average Bonchev–Trinajstić information content (AvgIpc) is 3.12. The predicted octanol–water partition coefficient (Wildman–Crippen LogP) is 2.94. The summed E-state index contributed by atoms with van der Waals surface area (Å²) in [6.45, 7) is 0.196. The summed E-state index contributed by atoms with van der Waals surface area (Å²) in [7, 11) is 0. The lowest BCUT2D eigenvalue weighted by Crippen LogP contribution is -2.34. The third-order valence-electron chi connectivity index (χ3n) is 3.58. The molecule has 0 spiro atoms. The number of carbonyl (C=O) groups is 3. The fourth-order valence-electron chi connectivity index (χ4n) is 2.36. The second-order valence-corrected chi connectivity index (χ2v) is 6.49. The van der Waals surface area contributed by atoms with Gasteiger partial charge in [0.25, 0.3) is 0 Å². The molecule has 0 unspecified atom stereocenters. The highest BCUT2D eigenvalue weighted by atomic mass is 35.5. The van der Waals surface area contributed by atoms with Crippen LogP contribution in [0.15, 0.2) is 41.8 Å². The van der Waals surface area contributed by atoms with Gasteiger partial charge in [-0.05, 0) is 23.1 Å². The highest BCUT2D eigenvalue weighted by Crippen LogP contribution is 2.21. The van der Waals surface area contributed by atoms with E-state index in [0.29, 0.717) is 17.0 Å². The van der Waals surface area contributed by atoms with Crippen LogP contribution in [0.1, 0.15) is 10.4 Å². The summed E-state index contributed by atoms with van der Waals surface area (Å²) in [4.78, 5) is 39.5. The Balaban J connectivity index is 1.73. The van der Waals surface area contributed by atoms with Crippen LogP contribution >= 0.6 is 22.9 Å². The van der Waals surface area contributed by atoms with Gasteiger partial charge in [-0.1, -0.05) is 35.9 Å². The van der Waals surface area contributed by atoms with Gasteiger partial charge in [-0.2, -0.15) is 0 Å². The topological polar surface area (TPSA) is 57.7 Å². The van der Waals surface area contributed by atoms with E-state index >= 15 is 0 Å². The first-order valence-corrected chi connectivity index (χ1v) is 8.27. The number of hydrogen-bond donors (Lipinski definition) is 0. The van der Waals surface area contributed by atoms with E-state index in [4.69, 9.17) is 11.6 Å². The molecule has 1 aliphatic heterocycles. The van der Waals surface area contributed by atoms with Crippen molar-refractivity contribution in [2.45, 2.75) is 13.0 Å². The molecule has 0 saturated carbocycles. The molecule has 1 fully saturated rings. The maximum Gasteiger partial charge on any atom is 0.334 e. The van der Waals surface area contributed by atoms with Crippen LogP contribution in [0, 0.1) is 0 Å². The van der Waals surface area contributed by atoms with Crippen molar-refractivity contribution in [3.05, 3.63) is 57.2 Å². The van der Waals surface area contributed by atoms with Crippen LogP contribution in [0.3, 0.4) is 0 Å². The Kier molecular flexibility index (Phi) is 4.45. The molecule has 1 saturated heterocycles. The number of benzene rings is 1. The first kappa shape index (κ1) is 15.7. The summed E-state index contributed by atoms with van der Waals surface area (Å²) in [5, 5.41) is 2.38.